The zero-order chi connectivity index (χ0) is 15.3. The molecule has 0 saturated carbocycles. The van der Waals surface area contributed by atoms with Crippen molar-refractivity contribution in [2.24, 2.45) is 0 Å². The number of benzene rings is 2. The number of aromatic hydroxyl groups is 1. The molecule has 0 fully saturated rings. The van der Waals surface area contributed by atoms with E-state index in [-0.39, 0.29) is 11.9 Å². The Morgan fingerprint density at radius 2 is 2.00 bits per heavy atom. The fraction of sp³-hybridized carbons (Fsp3) is 0.118. The summed E-state index contributed by atoms with van der Waals surface area (Å²) in [5.74, 6) is 0.249. The van der Waals surface area contributed by atoms with Gasteiger partial charge in [0.2, 0.25) is 0 Å². The van der Waals surface area contributed by atoms with Gasteiger partial charge in [0.25, 0.3) is 0 Å². The van der Waals surface area contributed by atoms with Gasteiger partial charge in [-0.1, -0.05) is 34.1 Å². The molecule has 1 aliphatic heterocycles. The van der Waals surface area contributed by atoms with Crippen LogP contribution < -0.4 is 5.32 Å². The number of halogens is 1. The Bertz CT molecular complexity index is 872. The quantitative estimate of drug-likeness (QED) is 0.684. The number of nitrogens with one attached hydrogen (secondary N) is 1. The van der Waals surface area contributed by atoms with E-state index < -0.39 is 0 Å². The molecule has 110 valence electrons. The van der Waals surface area contributed by atoms with Gasteiger partial charge in [0.1, 0.15) is 5.75 Å². The Balaban J connectivity index is 1.94. The summed E-state index contributed by atoms with van der Waals surface area (Å²) in [6.45, 7) is 1.98. The van der Waals surface area contributed by atoms with Crippen LogP contribution in [0.3, 0.4) is 0 Å². The Hall–Kier alpha value is -2.27. The predicted octanol–water partition coefficient (Wildman–Crippen LogP) is 4.30. The lowest BCUT2D eigenvalue weighted by Gasteiger charge is -2.29. The average molecular weight is 356 g/mol. The van der Waals surface area contributed by atoms with Crippen molar-refractivity contribution in [3.05, 3.63) is 64.3 Å². The van der Waals surface area contributed by atoms with Gasteiger partial charge in [0.05, 0.1) is 11.4 Å². The first-order valence-electron chi connectivity index (χ1n) is 7.04. The largest absolute Gasteiger partial charge is 0.508 e. The first-order chi connectivity index (χ1) is 10.6. The standard InChI is InChI=1S/C17H14BrN3O/c1-10-8-15-12-4-2-3-5-14(12)19-17(21(15)20-10)13-9-11(18)6-7-16(13)22/h2-9,17,19,22H,1H3. The Labute approximate surface area is 136 Å². The third-order valence-corrected chi connectivity index (χ3v) is 4.38. The van der Waals surface area contributed by atoms with E-state index in [1.54, 1.807) is 6.07 Å². The zero-order valence-corrected chi connectivity index (χ0v) is 13.5. The van der Waals surface area contributed by atoms with E-state index in [9.17, 15) is 5.11 Å². The molecule has 5 heteroatoms. The van der Waals surface area contributed by atoms with Crippen LogP contribution in [0.2, 0.25) is 0 Å². The van der Waals surface area contributed by atoms with Crippen LogP contribution in [0.5, 0.6) is 5.75 Å². The highest BCUT2D eigenvalue weighted by Gasteiger charge is 2.27. The normalized spacial score (nSPS) is 15.8. The van der Waals surface area contributed by atoms with Crippen LogP contribution in [0, 0.1) is 6.92 Å². The monoisotopic (exact) mass is 355 g/mol. The van der Waals surface area contributed by atoms with Crippen molar-refractivity contribution in [2.45, 2.75) is 13.1 Å². The van der Waals surface area contributed by atoms with E-state index in [0.717, 1.165) is 32.7 Å². The van der Waals surface area contributed by atoms with Crippen LogP contribution in [0.1, 0.15) is 17.4 Å². The van der Waals surface area contributed by atoms with Crippen LogP contribution in [0.15, 0.2) is 53.0 Å². The van der Waals surface area contributed by atoms with Crippen molar-refractivity contribution in [3.8, 4) is 17.0 Å². The Morgan fingerprint density at radius 3 is 2.86 bits per heavy atom. The molecule has 0 bridgehead atoms. The zero-order valence-electron chi connectivity index (χ0n) is 11.9. The van der Waals surface area contributed by atoms with Crippen LogP contribution in [-0.4, -0.2) is 14.9 Å². The summed E-state index contributed by atoms with van der Waals surface area (Å²) in [6, 6.07) is 15.6. The Kier molecular flexibility index (Phi) is 2.97. The number of nitrogens with zero attached hydrogens (tertiary/aromatic N) is 2. The molecule has 0 radical (unpaired) electrons. The molecule has 0 amide bonds. The van der Waals surface area contributed by atoms with E-state index >= 15 is 0 Å². The van der Waals surface area contributed by atoms with Gasteiger partial charge in [0, 0.05) is 21.3 Å². The smallest absolute Gasteiger partial charge is 0.150 e. The molecule has 0 spiro atoms. The minimum absolute atomic E-state index is 0.240. The molecular formula is C17H14BrN3O. The molecule has 1 unspecified atom stereocenters. The molecule has 0 aliphatic carbocycles. The van der Waals surface area contributed by atoms with Crippen LogP contribution >= 0.6 is 15.9 Å². The number of anilines is 1. The van der Waals surface area contributed by atoms with Gasteiger partial charge < -0.3 is 10.4 Å². The summed E-state index contributed by atoms with van der Waals surface area (Å²) in [6.07, 6.45) is -0.240. The number of phenols is 1. The summed E-state index contributed by atoms with van der Waals surface area (Å²) < 4.78 is 2.85. The van der Waals surface area contributed by atoms with Crippen LogP contribution in [0.25, 0.3) is 11.3 Å². The maximum absolute atomic E-state index is 10.3. The van der Waals surface area contributed by atoms with Crippen molar-refractivity contribution >= 4 is 21.6 Å². The SMILES string of the molecule is Cc1cc2n(n1)C(c1cc(Br)ccc1O)Nc1ccccc1-2. The first-order valence-corrected chi connectivity index (χ1v) is 7.83. The van der Waals surface area contributed by atoms with Gasteiger partial charge in [-0.05, 0) is 37.3 Å². The fourth-order valence-electron chi connectivity index (χ4n) is 2.91. The molecule has 0 saturated heterocycles. The highest BCUT2D eigenvalue weighted by atomic mass is 79.9. The molecule has 1 aromatic heterocycles. The van der Waals surface area contributed by atoms with E-state index in [0.29, 0.717) is 0 Å². The lowest BCUT2D eigenvalue weighted by Crippen LogP contribution is -2.25. The molecule has 22 heavy (non-hydrogen) atoms. The summed E-state index contributed by atoms with van der Waals surface area (Å²) in [7, 11) is 0. The highest BCUT2D eigenvalue weighted by molar-refractivity contribution is 9.10. The second-order valence-electron chi connectivity index (χ2n) is 5.41. The Morgan fingerprint density at radius 1 is 1.18 bits per heavy atom. The summed E-state index contributed by atoms with van der Waals surface area (Å²) in [5.41, 5.74) is 4.95. The second kappa shape index (κ2) is 4.88. The number of para-hydroxylation sites is 1. The number of aryl methyl sites for hydroxylation is 1. The number of aromatic nitrogens is 2. The molecular weight excluding hydrogens is 342 g/mol. The van der Waals surface area contributed by atoms with Crippen LogP contribution in [0.4, 0.5) is 5.69 Å². The van der Waals surface area contributed by atoms with Crippen molar-refractivity contribution in [1.29, 1.82) is 0 Å². The fourth-order valence-corrected chi connectivity index (χ4v) is 3.29. The van der Waals surface area contributed by atoms with Gasteiger partial charge in [-0.2, -0.15) is 5.10 Å². The van der Waals surface area contributed by atoms with Gasteiger partial charge in [-0.15, -0.1) is 0 Å². The van der Waals surface area contributed by atoms with Gasteiger partial charge in [-0.25, -0.2) is 4.68 Å². The topological polar surface area (TPSA) is 50.1 Å². The number of rotatable bonds is 1. The molecule has 1 atom stereocenters. The number of hydrogen-bond donors (Lipinski definition) is 2. The van der Waals surface area contributed by atoms with E-state index in [2.05, 4.69) is 38.5 Å². The second-order valence-corrected chi connectivity index (χ2v) is 6.33. The van der Waals surface area contributed by atoms with E-state index in [4.69, 9.17) is 0 Å². The highest BCUT2D eigenvalue weighted by Crippen LogP contribution is 2.40. The molecule has 2 N–H and O–H groups in total. The number of phenolic OH excluding ortho intramolecular Hbond substituents is 1. The van der Waals surface area contributed by atoms with Gasteiger partial charge in [-0.3, -0.25) is 0 Å². The summed E-state index contributed by atoms with van der Waals surface area (Å²) in [4.78, 5) is 0. The molecule has 1 aliphatic rings. The van der Waals surface area contributed by atoms with Crippen molar-refractivity contribution < 1.29 is 5.11 Å². The van der Waals surface area contributed by atoms with Crippen molar-refractivity contribution in [3.63, 3.8) is 0 Å². The lowest BCUT2D eigenvalue weighted by molar-refractivity contribution is 0.452. The minimum Gasteiger partial charge on any atom is -0.508 e. The van der Waals surface area contributed by atoms with E-state index in [1.165, 1.54) is 0 Å². The predicted molar refractivity (Wildman–Crippen MR) is 90.0 cm³/mol. The third-order valence-electron chi connectivity index (χ3n) is 3.88. The summed E-state index contributed by atoms with van der Waals surface area (Å²) >= 11 is 3.47. The lowest BCUT2D eigenvalue weighted by atomic mass is 10.0. The van der Waals surface area contributed by atoms with E-state index in [1.807, 2.05) is 41.9 Å². The third kappa shape index (κ3) is 2.01. The first kappa shape index (κ1) is 13.4. The average Bonchev–Trinajstić information content (AvgIpc) is 2.91. The number of hydrogen-bond acceptors (Lipinski definition) is 3. The van der Waals surface area contributed by atoms with Gasteiger partial charge >= 0.3 is 0 Å². The number of fused-ring (bicyclic) bond motifs is 3. The molecule has 4 nitrogen and oxygen atoms in total. The molecule has 4 rings (SSSR count). The van der Waals surface area contributed by atoms with Gasteiger partial charge in [0.15, 0.2) is 6.17 Å². The minimum atomic E-state index is -0.240. The maximum atomic E-state index is 10.3. The van der Waals surface area contributed by atoms with Crippen molar-refractivity contribution in [2.75, 3.05) is 5.32 Å². The molecule has 3 aromatic rings. The van der Waals surface area contributed by atoms with Crippen molar-refractivity contribution in [1.82, 2.24) is 9.78 Å². The molecule has 2 aromatic carbocycles. The molecule has 2 heterocycles. The summed E-state index contributed by atoms with van der Waals surface area (Å²) in [5, 5.41) is 18.3. The van der Waals surface area contributed by atoms with Crippen LogP contribution in [-0.2, 0) is 0 Å². The maximum Gasteiger partial charge on any atom is 0.150 e.